The van der Waals surface area contributed by atoms with E-state index in [0.717, 1.165) is 36.0 Å². The minimum absolute atomic E-state index is 0.165. The third-order valence-corrected chi connectivity index (χ3v) is 4.97. The van der Waals surface area contributed by atoms with Gasteiger partial charge >= 0.3 is 0 Å². The Balaban J connectivity index is 2.05. The predicted molar refractivity (Wildman–Crippen MR) is 98.3 cm³/mol. The van der Waals surface area contributed by atoms with Crippen LogP contribution in [0.25, 0.3) is 11.1 Å². The first kappa shape index (κ1) is 18.9. The molecule has 2 aromatic rings. The molecule has 1 amide bonds. The molecule has 2 aromatic carbocycles. The number of carbonyl (C=O) groups excluding carboxylic acids is 1. The lowest BCUT2D eigenvalue weighted by Gasteiger charge is -2.24. The van der Waals surface area contributed by atoms with E-state index in [-0.39, 0.29) is 22.6 Å². The van der Waals surface area contributed by atoms with Crippen LogP contribution in [-0.4, -0.2) is 18.9 Å². The Morgan fingerprint density at radius 2 is 2.04 bits per heavy atom. The second-order valence-corrected chi connectivity index (χ2v) is 7.07. The first-order valence-electron chi connectivity index (χ1n) is 8.19. The number of benzene rings is 2. The first-order valence-corrected chi connectivity index (χ1v) is 8.95. The lowest BCUT2D eigenvalue weighted by atomic mass is 9.81. The minimum atomic E-state index is -2.62. The van der Waals surface area contributed by atoms with Crippen LogP contribution in [0, 0.1) is 0 Å². The van der Waals surface area contributed by atoms with Crippen molar-refractivity contribution >= 4 is 29.1 Å². The van der Waals surface area contributed by atoms with Crippen molar-refractivity contribution in [1.29, 1.82) is 0 Å². The van der Waals surface area contributed by atoms with Crippen molar-refractivity contribution in [3.8, 4) is 16.9 Å². The number of amides is 1. The van der Waals surface area contributed by atoms with Gasteiger partial charge in [0, 0.05) is 10.6 Å². The van der Waals surface area contributed by atoms with E-state index in [9.17, 15) is 13.6 Å². The summed E-state index contributed by atoms with van der Waals surface area (Å²) in [6.45, 7) is -0.761. The van der Waals surface area contributed by atoms with Crippen LogP contribution in [-0.2, 0) is 11.2 Å². The van der Waals surface area contributed by atoms with E-state index in [2.05, 4.69) is 0 Å². The van der Waals surface area contributed by atoms with Crippen LogP contribution in [0.15, 0.2) is 30.3 Å². The van der Waals surface area contributed by atoms with Gasteiger partial charge in [0.15, 0.2) is 0 Å². The maximum Gasteiger partial charge on any atom is 0.272 e. The van der Waals surface area contributed by atoms with Crippen molar-refractivity contribution < 1.29 is 18.3 Å². The summed E-state index contributed by atoms with van der Waals surface area (Å²) < 4.78 is 30.4. The standard InChI is InChI=1S/C19H17Cl2F2NO2/c20-12-7-15(18(16(21)8-12)26-9-17(22)23)11-4-5-13-10(6-11)2-1-3-14(13)19(24)25/h4-8,14,17H,1-3,9H2,(H2,24,25). The van der Waals surface area contributed by atoms with Gasteiger partial charge in [-0.1, -0.05) is 41.4 Å². The minimum Gasteiger partial charge on any atom is -0.485 e. The van der Waals surface area contributed by atoms with Crippen LogP contribution in [0.4, 0.5) is 8.78 Å². The number of carbonyl (C=O) groups is 1. The number of ether oxygens (including phenoxy) is 1. The Kier molecular flexibility index (Phi) is 5.68. The zero-order valence-electron chi connectivity index (χ0n) is 13.8. The molecule has 1 atom stereocenters. The third-order valence-electron chi connectivity index (χ3n) is 4.47. The fourth-order valence-electron chi connectivity index (χ4n) is 3.35. The Labute approximate surface area is 160 Å². The molecule has 0 bridgehead atoms. The van der Waals surface area contributed by atoms with Gasteiger partial charge in [0.1, 0.15) is 12.4 Å². The molecule has 3 nitrogen and oxygen atoms in total. The van der Waals surface area contributed by atoms with E-state index in [4.69, 9.17) is 33.7 Å². The van der Waals surface area contributed by atoms with Gasteiger partial charge < -0.3 is 10.5 Å². The van der Waals surface area contributed by atoms with Crippen molar-refractivity contribution in [3.05, 3.63) is 51.5 Å². The number of halogens is 4. The molecule has 1 unspecified atom stereocenters. The molecule has 1 aliphatic rings. The summed E-state index contributed by atoms with van der Waals surface area (Å²) in [4.78, 5) is 11.7. The first-order chi connectivity index (χ1) is 12.4. The molecule has 0 fully saturated rings. The van der Waals surface area contributed by atoms with E-state index < -0.39 is 13.0 Å². The second-order valence-electron chi connectivity index (χ2n) is 6.23. The van der Waals surface area contributed by atoms with Crippen molar-refractivity contribution in [3.63, 3.8) is 0 Å². The summed E-state index contributed by atoms with van der Waals surface area (Å²) in [5, 5.41) is 0.544. The molecule has 0 heterocycles. The molecule has 0 saturated carbocycles. The van der Waals surface area contributed by atoms with Gasteiger partial charge in [-0.25, -0.2) is 8.78 Å². The predicted octanol–water partition coefficient (Wildman–Crippen LogP) is 5.21. The monoisotopic (exact) mass is 399 g/mol. The summed E-state index contributed by atoms with van der Waals surface area (Å²) in [6, 6.07) is 8.66. The average Bonchev–Trinajstić information content (AvgIpc) is 2.59. The summed E-state index contributed by atoms with van der Waals surface area (Å²) >= 11 is 12.3. The van der Waals surface area contributed by atoms with Crippen LogP contribution in [0.1, 0.15) is 29.9 Å². The Hall–Kier alpha value is -1.85. The van der Waals surface area contributed by atoms with E-state index >= 15 is 0 Å². The normalized spacial score (nSPS) is 16.4. The van der Waals surface area contributed by atoms with Crippen LogP contribution < -0.4 is 10.5 Å². The quantitative estimate of drug-likeness (QED) is 0.749. The summed E-state index contributed by atoms with van der Waals surface area (Å²) in [5.74, 6) is -0.477. The van der Waals surface area contributed by atoms with Crippen molar-refractivity contribution in [2.75, 3.05) is 6.61 Å². The molecule has 0 spiro atoms. The number of primary amides is 1. The molecule has 0 aromatic heterocycles. The van der Waals surface area contributed by atoms with Gasteiger partial charge in [0.2, 0.25) is 5.91 Å². The Morgan fingerprint density at radius 1 is 1.27 bits per heavy atom. The van der Waals surface area contributed by atoms with Gasteiger partial charge in [-0.05, 0) is 48.1 Å². The molecule has 0 aliphatic heterocycles. The van der Waals surface area contributed by atoms with Crippen LogP contribution in [0.2, 0.25) is 10.0 Å². The SMILES string of the molecule is NC(=O)C1CCCc2cc(-c3cc(Cl)cc(Cl)c3OCC(F)F)ccc21. The maximum absolute atomic E-state index is 12.6. The second kappa shape index (κ2) is 7.80. The van der Waals surface area contributed by atoms with Gasteiger partial charge in [-0.15, -0.1) is 0 Å². The Morgan fingerprint density at radius 3 is 2.73 bits per heavy atom. The smallest absolute Gasteiger partial charge is 0.272 e. The van der Waals surface area contributed by atoms with Gasteiger partial charge in [0.05, 0.1) is 10.9 Å². The number of hydrogen-bond donors (Lipinski definition) is 1. The highest BCUT2D eigenvalue weighted by Gasteiger charge is 2.25. The van der Waals surface area contributed by atoms with Crippen LogP contribution in [0.5, 0.6) is 5.75 Å². The molecule has 3 rings (SSSR count). The number of alkyl halides is 2. The van der Waals surface area contributed by atoms with Gasteiger partial charge in [-0.2, -0.15) is 0 Å². The van der Waals surface area contributed by atoms with E-state index in [1.165, 1.54) is 6.07 Å². The molecular formula is C19H17Cl2F2NO2. The molecule has 0 radical (unpaired) electrons. The van der Waals surface area contributed by atoms with Gasteiger partial charge in [-0.3, -0.25) is 4.79 Å². The molecule has 138 valence electrons. The number of aryl methyl sites for hydroxylation is 1. The lowest BCUT2D eigenvalue weighted by Crippen LogP contribution is -2.25. The number of hydrogen-bond acceptors (Lipinski definition) is 2. The number of nitrogens with two attached hydrogens (primary N) is 1. The average molecular weight is 400 g/mol. The lowest BCUT2D eigenvalue weighted by molar-refractivity contribution is -0.119. The van der Waals surface area contributed by atoms with Gasteiger partial charge in [0.25, 0.3) is 6.43 Å². The Bertz CT molecular complexity index is 843. The molecule has 0 saturated heterocycles. The molecule has 2 N–H and O–H groups in total. The fraction of sp³-hybridized carbons (Fsp3) is 0.316. The highest BCUT2D eigenvalue weighted by molar-refractivity contribution is 6.36. The molecule has 1 aliphatic carbocycles. The van der Waals surface area contributed by atoms with E-state index in [1.807, 2.05) is 12.1 Å². The van der Waals surface area contributed by atoms with Crippen LogP contribution >= 0.6 is 23.2 Å². The largest absolute Gasteiger partial charge is 0.485 e. The van der Waals surface area contributed by atoms with Crippen molar-refractivity contribution in [2.45, 2.75) is 31.6 Å². The summed E-state index contributed by atoms with van der Waals surface area (Å²) in [6.07, 6.45) is -0.216. The van der Waals surface area contributed by atoms with Crippen molar-refractivity contribution in [2.24, 2.45) is 5.73 Å². The zero-order valence-corrected chi connectivity index (χ0v) is 15.3. The molecule has 7 heteroatoms. The van der Waals surface area contributed by atoms with Crippen LogP contribution in [0.3, 0.4) is 0 Å². The van der Waals surface area contributed by atoms with E-state index in [1.54, 1.807) is 12.1 Å². The topological polar surface area (TPSA) is 52.3 Å². The maximum atomic E-state index is 12.6. The van der Waals surface area contributed by atoms with Crippen molar-refractivity contribution in [1.82, 2.24) is 0 Å². The fourth-order valence-corrected chi connectivity index (χ4v) is 3.89. The molecular weight excluding hydrogens is 383 g/mol. The highest BCUT2D eigenvalue weighted by atomic mass is 35.5. The number of rotatable bonds is 5. The molecule has 26 heavy (non-hydrogen) atoms. The summed E-state index contributed by atoms with van der Waals surface area (Å²) in [7, 11) is 0. The number of fused-ring (bicyclic) bond motifs is 1. The summed E-state index contributed by atoms with van der Waals surface area (Å²) in [5.41, 5.74) is 8.69. The van der Waals surface area contributed by atoms with E-state index in [0.29, 0.717) is 10.6 Å². The third kappa shape index (κ3) is 3.94. The zero-order chi connectivity index (χ0) is 18.8. The highest BCUT2D eigenvalue weighted by Crippen LogP contribution is 2.41.